The standard InChI is InChI=1S/C14H23N3O10.C6H9NO6/c18-10(19)5-15(1-3-16(6-11(20)21)7-12(22)23)2-4-17(8-13(24)25)9-14(26)27;8-4(9)1-7(2-5(10)11)3-6(12)13/h1-9H2,(H,18,19)(H,20,21)(H,22,23)(H,24,25)(H,26,27);1-3H2,(H,8,9)(H,10,11)(H,12,13). The van der Waals surface area contributed by atoms with Crippen LogP contribution in [-0.2, 0) is 38.4 Å². The molecule has 40 heavy (non-hydrogen) atoms. The predicted octanol–water partition coefficient (Wildman–Crippen LogP) is -4.14. The van der Waals surface area contributed by atoms with Crippen molar-refractivity contribution < 1.29 is 79.2 Å². The molecule has 8 N–H and O–H groups in total. The Hall–Kier alpha value is -4.40. The monoisotopic (exact) mass is 584 g/mol. The first kappa shape index (κ1) is 37.8. The lowest BCUT2D eigenvalue weighted by molar-refractivity contribution is -0.146. The number of carbonyl (C=O) groups is 8. The van der Waals surface area contributed by atoms with Gasteiger partial charge in [0.05, 0.1) is 52.4 Å². The highest BCUT2D eigenvalue weighted by Gasteiger charge is 2.19. The molecule has 0 aliphatic heterocycles. The Kier molecular flexibility index (Phi) is 19.4. The summed E-state index contributed by atoms with van der Waals surface area (Å²) in [6, 6.07) is 0. The van der Waals surface area contributed by atoms with E-state index >= 15 is 0 Å². The summed E-state index contributed by atoms with van der Waals surface area (Å²) in [5.41, 5.74) is 0. The molecule has 0 spiro atoms. The van der Waals surface area contributed by atoms with Crippen LogP contribution in [0.3, 0.4) is 0 Å². The fourth-order valence-corrected chi connectivity index (χ4v) is 2.96. The highest BCUT2D eigenvalue weighted by atomic mass is 16.4. The molecule has 0 saturated carbocycles. The zero-order chi connectivity index (χ0) is 31.4. The summed E-state index contributed by atoms with van der Waals surface area (Å²) in [7, 11) is 0. The fourth-order valence-electron chi connectivity index (χ4n) is 2.96. The van der Waals surface area contributed by atoms with Gasteiger partial charge in [-0.05, 0) is 0 Å². The van der Waals surface area contributed by atoms with Gasteiger partial charge in [-0.25, -0.2) is 0 Å². The van der Waals surface area contributed by atoms with E-state index in [9.17, 15) is 38.4 Å². The van der Waals surface area contributed by atoms with E-state index in [0.29, 0.717) is 0 Å². The molecule has 0 aromatic carbocycles. The maximum absolute atomic E-state index is 11.0. The molecule has 0 aliphatic carbocycles. The van der Waals surface area contributed by atoms with Gasteiger partial charge in [0, 0.05) is 26.2 Å². The highest BCUT2D eigenvalue weighted by Crippen LogP contribution is 1.97. The third-order valence-corrected chi connectivity index (χ3v) is 4.34. The van der Waals surface area contributed by atoms with E-state index in [-0.39, 0.29) is 26.2 Å². The summed E-state index contributed by atoms with van der Waals surface area (Å²) < 4.78 is 0. The smallest absolute Gasteiger partial charge is 0.317 e. The molecule has 20 heteroatoms. The summed E-state index contributed by atoms with van der Waals surface area (Å²) in [6.07, 6.45) is 0. The lowest BCUT2D eigenvalue weighted by Crippen LogP contribution is -2.45. The second kappa shape index (κ2) is 20.5. The zero-order valence-corrected chi connectivity index (χ0v) is 21.1. The Bertz CT molecular complexity index is 801. The summed E-state index contributed by atoms with van der Waals surface area (Å²) in [6.45, 7) is -4.53. The largest absolute Gasteiger partial charge is 0.480 e. The van der Waals surface area contributed by atoms with Crippen molar-refractivity contribution in [2.45, 2.75) is 0 Å². The minimum Gasteiger partial charge on any atom is -0.480 e. The van der Waals surface area contributed by atoms with Crippen LogP contribution >= 0.6 is 0 Å². The van der Waals surface area contributed by atoms with Crippen molar-refractivity contribution >= 4 is 47.8 Å². The Labute approximate surface area is 225 Å². The van der Waals surface area contributed by atoms with E-state index in [4.69, 9.17) is 40.9 Å². The first-order chi connectivity index (χ1) is 18.4. The van der Waals surface area contributed by atoms with E-state index < -0.39 is 100 Å². The quantitative estimate of drug-likeness (QED) is 0.0598. The maximum Gasteiger partial charge on any atom is 0.317 e. The van der Waals surface area contributed by atoms with Crippen LogP contribution in [0.4, 0.5) is 0 Å². The first-order valence-electron chi connectivity index (χ1n) is 11.0. The molecular formula is C20H32N4O16. The van der Waals surface area contributed by atoms with Gasteiger partial charge in [0.2, 0.25) is 0 Å². The molecule has 0 saturated heterocycles. The van der Waals surface area contributed by atoms with Crippen molar-refractivity contribution in [1.29, 1.82) is 0 Å². The van der Waals surface area contributed by atoms with Crippen LogP contribution < -0.4 is 0 Å². The number of nitrogens with zero attached hydrogens (tertiary/aromatic N) is 4. The molecule has 0 heterocycles. The van der Waals surface area contributed by atoms with Crippen molar-refractivity contribution in [3.05, 3.63) is 0 Å². The number of carboxylic acids is 8. The third-order valence-electron chi connectivity index (χ3n) is 4.34. The molecule has 0 bridgehead atoms. The van der Waals surface area contributed by atoms with Crippen molar-refractivity contribution in [1.82, 2.24) is 19.6 Å². The van der Waals surface area contributed by atoms with Gasteiger partial charge in [0.25, 0.3) is 0 Å². The van der Waals surface area contributed by atoms with E-state index in [1.165, 1.54) is 4.90 Å². The molecule has 0 amide bonds. The first-order valence-corrected chi connectivity index (χ1v) is 11.0. The minimum absolute atomic E-state index is 0.000836. The van der Waals surface area contributed by atoms with Crippen molar-refractivity contribution in [2.75, 3.05) is 78.5 Å². The molecule has 0 radical (unpaired) electrons. The summed E-state index contributed by atoms with van der Waals surface area (Å²) in [4.78, 5) is 88.8. The molecular weight excluding hydrogens is 552 g/mol. The number of hydrogen-bond acceptors (Lipinski definition) is 12. The van der Waals surface area contributed by atoms with Gasteiger partial charge in [0.15, 0.2) is 0 Å². The highest BCUT2D eigenvalue weighted by molar-refractivity contribution is 5.76. The van der Waals surface area contributed by atoms with Crippen LogP contribution in [0, 0.1) is 0 Å². The summed E-state index contributed by atoms with van der Waals surface area (Å²) in [5, 5.41) is 69.0. The van der Waals surface area contributed by atoms with Crippen LogP contribution in [0.1, 0.15) is 0 Å². The van der Waals surface area contributed by atoms with Crippen LogP contribution in [0.5, 0.6) is 0 Å². The Morgan fingerprint density at radius 2 is 0.425 bits per heavy atom. The Morgan fingerprint density at radius 1 is 0.275 bits per heavy atom. The number of carboxylic acid groups (broad SMARTS) is 8. The second-order valence-electron chi connectivity index (χ2n) is 7.99. The van der Waals surface area contributed by atoms with Crippen molar-refractivity contribution in [2.24, 2.45) is 0 Å². The summed E-state index contributed by atoms with van der Waals surface area (Å²) >= 11 is 0. The van der Waals surface area contributed by atoms with Gasteiger partial charge >= 0.3 is 47.8 Å². The van der Waals surface area contributed by atoms with Crippen molar-refractivity contribution in [3.8, 4) is 0 Å². The molecule has 0 aliphatic rings. The fraction of sp³-hybridized carbons (Fsp3) is 0.600. The number of rotatable bonds is 22. The van der Waals surface area contributed by atoms with Crippen LogP contribution in [-0.4, -0.2) is 187 Å². The molecule has 0 atom stereocenters. The zero-order valence-electron chi connectivity index (χ0n) is 21.1. The molecule has 228 valence electrons. The van der Waals surface area contributed by atoms with Gasteiger partial charge in [0.1, 0.15) is 0 Å². The van der Waals surface area contributed by atoms with E-state index in [2.05, 4.69) is 0 Å². The predicted molar refractivity (Wildman–Crippen MR) is 127 cm³/mol. The Morgan fingerprint density at radius 3 is 0.625 bits per heavy atom. The topological polar surface area (TPSA) is 311 Å². The van der Waals surface area contributed by atoms with Crippen LogP contribution in [0.15, 0.2) is 0 Å². The van der Waals surface area contributed by atoms with Crippen LogP contribution in [0.25, 0.3) is 0 Å². The lowest BCUT2D eigenvalue weighted by atomic mass is 10.3. The van der Waals surface area contributed by atoms with Gasteiger partial charge in [-0.3, -0.25) is 58.0 Å². The maximum atomic E-state index is 11.0. The van der Waals surface area contributed by atoms with Gasteiger partial charge in [-0.1, -0.05) is 0 Å². The molecule has 20 nitrogen and oxygen atoms in total. The average Bonchev–Trinajstić information content (AvgIpc) is 2.72. The third kappa shape index (κ3) is 25.3. The van der Waals surface area contributed by atoms with Gasteiger partial charge in [-0.15, -0.1) is 0 Å². The van der Waals surface area contributed by atoms with Gasteiger partial charge < -0.3 is 40.9 Å². The SMILES string of the molecule is O=C(O)CN(CC(=O)O)CC(=O)O.O=C(O)CN(CCN(CC(=O)O)CC(=O)O)CCN(CC(=O)O)CC(=O)O. The normalized spacial score (nSPS) is 10.7. The number of aliphatic carboxylic acids is 8. The second-order valence-corrected chi connectivity index (χ2v) is 7.99. The Balaban J connectivity index is 0. The summed E-state index contributed by atoms with van der Waals surface area (Å²) in [5.74, 6) is -9.94. The van der Waals surface area contributed by atoms with Gasteiger partial charge in [-0.2, -0.15) is 0 Å². The molecule has 0 aromatic rings. The van der Waals surface area contributed by atoms with E-state index in [0.717, 1.165) is 14.7 Å². The average molecular weight is 584 g/mol. The van der Waals surface area contributed by atoms with E-state index in [1.54, 1.807) is 0 Å². The molecule has 0 unspecified atom stereocenters. The minimum atomic E-state index is -1.26. The van der Waals surface area contributed by atoms with Crippen LogP contribution in [0.2, 0.25) is 0 Å². The number of hydrogen-bond donors (Lipinski definition) is 8. The van der Waals surface area contributed by atoms with Crippen molar-refractivity contribution in [3.63, 3.8) is 0 Å². The van der Waals surface area contributed by atoms with E-state index in [1.807, 2.05) is 0 Å². The molecule has 0 aromatic heterocycles. The lowest BCUT2D eigenvalue weighted by Gasteiger charge is -2.27. The molecule has 0 rings (SSSR count). The molecule has 0 fully saturated rings.